The summed E-state index contributed by atoms with van der Waals surface area (Å²) >= 11 is 1.39. The van der Waals surface area contributed by atoms with Gasteiger partial charge >= 0.3 is 0 Å². The van der Waals surface area contributed by atoms with E-state index in [0.29, 0.717) is 45.7 Å². The van der Waals surface area contributed by atoms with Crippen molar-refractivity contribution in [1.29, 1.82) is 0 Å². The van der Waals surface area contributed by atoms with Crippen LogP contribution in [0.3, 0.4) is 0 Å². The molecule has 1 aliphatic rings. The number of hydrogen-bond donors (Lipinski definition) is 1. The average molecular weight is 451 g/mol. The molecule has 0 saturated carbocycles. The van der Waals surface area contributed by atoms with Crippen molar-refractivity contribution in [3.8, 4) is 17.2 Å². The third-order valence-corrected chi connectivity index (χ3v) is 5.79. The van der Waals surface area contributed by atoms with Crippen molar-refractivity contribution in [2.45, 2.75) is 6.92 Å². The van der Waals surface area contributed by atoms with Gasteiger partial charge in [0.05, 0.1) is 37.8 Å². The molecule has 2 aromatic carbocycles. The van der Waals surface area contributed by atoms with Crippen LogP contribution in [0.15, 0.2) is 65.7 Å². The first-order valence-corrected chi connectivity index (χ1v) is 10.8. The molecule has 164 valence electrons. The van der Waals surface area contributed by atoms with Gasteiger partial charge in [0.25, 0.3) is 11.8 Å². The summed E-state index contributed by atoms with van der Waals surface area (Å²) in [6.45, 7) is 2.35. The van der Waals surface area contributed by atoms with Crippen LogP contribution in [0, 0.1) is 0 Å². The largest absolute Gasteiger partial charge is 0.497 e. The van der Waals surface area contributed by atoms with Crippen molar-refractivity contribution in [2.24, 2.45) is 0 Å². The maximum atomic E-state index is 13.5. The molecule has 0 aliphatic carbocycles. The Morgan fingerprint density at radius 3 is 2.47 bits per heavy atom. The van der Waals surface area contributed by atoms with E-state index >= 15 is 0 Å². The molecule has 0 bridgehead atoms. The van der Waals surface area contributed by atoms with E-state index in [-0.39, 0.29) is 5.70 Å². The van der Waals surface area contributed by atoms with E-state index in [1.54, 1.807) is 49.6 Å². The minimum Gasteiger partial charge on any atom is -0.497 e. The molecule has 8 heteroatoms. The number of benzene rings is 2. The number of rotatable bonds is 8. The summed E-state index contributed by atoms with van der Waals surface area (Å²) in [5.74, 6) is 0.817. The minimum absolute atomic E-state index is 0.172. The van der Waals surface area contributed by atoms with Crippen LogP contribution in [0.1, 0.15) is 11.8 Å². The fourth-order valence-corrected chi connectivity index (χ4v) is 4.22. The zero-order chi connectivity index (χ0) is 22.7. The molecule has 1 N–H and O–H groups in total. The number of amides is 2. The van der Waals surface area contributed by atoms with Gasteiger partial charge in [-0.25, -0.2) is 4.90 Å². The van der Waals surface area contributed by atoms with E-state index < -0.39 is 11.8 Å². The third-order valence-electron chi connectivity index (χ3n) is 4.90. The molecule has 7 nitrogen and oxygen atoms in total. The van der Waals surface area contributed by atoms with Crippen molar-refractivity contribution in [3.05, 3.63) is 70.6 Å². The first-order chi connectivity index (χ1) is 15.6. The molecule has 0 unspecified atom stereocenters. The highest BCUT2D eigenvalue weighted by molar-refractivity contribution is 7.11. The number of hydrogen-bond acceptors (Lipinski definition) is 7. The van der Waals surface area contributed by atoms with Gasteiger partial charge in [0.1, 0.15) is 22.9 Å². The SMILES string of the molecule is CCOc1cccc(N2C(=O)C(Nc3cc(OC)ccc3OC)=C(c3cccs3)C2=O)c1. The van der Waals surface area contributed by atoms with Crippen molar-refractivity contribution < 1.29 is 23.8 Å². The van der Waals surface area contributed by atoms with Gasteiger partial charge in [0.15, 0.2) is 0 Å². The fraction of sp³-hybridized carbons (Fsp3) is 0.167. The summed E-state index contributed by atoms with van der Waals surface area (Å²) in [4.78, 5) is 28.9. The van der Waals surface area contributed by atoms with Crippen LogP contribution in [0.5, 0.6) is 17.2 Å². The van der Waals surface area contributed by atoms with E-state index in [4.69, 9.17) is 14.2 Å². The third kappa shape index (κ3) is 3.92. The first kappa shape index (κ1) is 21.5. The van der Waals surface area contributed by atoms with Crippen LogP contribution in [0.25, 0.3) is 5.57 Å². The van der Waals surface area contributed by atoms with Gasteiger partial charge in [0, 0.05) is 17.0 Å². The van der Waals surface area contributed by atoms with Gasteiger partial charge in [-0.05, 0) is 42.6 Å². The lowest BCUT2D eigenvalue weighted by molar-refractivity contribution is -0.120. The van der Waals surface area contributed by atoms with Gasteiger partial charge in [-0.15, -0.1) is 11.3 Å². The van der Waals surface area contributed by atoms with Crippen LogP contribution in [-0.4, -0.2) is 32.6 Å². The van der Waals surface area contributed by atoms with E-state index in [1.165, 1.54) is 18.4 Å². The number of anilines is 2. The molecule has 2 amide bonds. The maximum absolute atomic E-state index is 13.5. The molecule has 32 heavy (non-hydrogen) atoms. The quantitative estimate of drug-likeness (QED) is 0.507. The monoisotopic (exact) mass is 450 g/mol. The Kier molecular flexibility index (Phi) is 6.13. The lowest BCUT2D eigenvalue weighted by Crippen LogP contribution is -2.32. The highest BCUT2D eigenvalue weighted by Gasteiger charge is 2.41. The Balaban J connectivity index is 1.79. The van der Waals surface area contributed by atoms with Gasteiger partial charge < -0.3 is 19.5 Å². The molecule has 1 aromatic heterocycles. The number of ether oxygens (including phenoxy) is 3. The van der Waals surface area contributed by atoms with Crippen LogP contribution in [0.2, 0.25) is 0 Å². The standard InChI is InChI=1S/C24H22N2O5S/c1-4-31-17-8-5-7-15(13-17)26-23(27)21(20-9-6-12-32-20)22(24(26)28)25-18-14-16(29-2)10-11-19(18)30-3/h5-14,25H,4H2,1-3H3. The van der Waals surface area contributed by atoms with Crippen molar-refractivity contribution in [2.75, 3.05) is 31.0 Å². The summed E-state index contributed by atoms with van der Waals surface area (Å²) < 4.78 is 16.3. The van der Waals surface area contributed by atoms with E-state index in [9.17, 15) is 9.59 Å². The van der Waals surface area contributed by atoms with Gasteiger partial charge in [0.2, 0.25) is 0 Å². The van der Waals surface area contributed by atoms with E-state index in [0.717, 1.165) is 4.90 Å². The number of nitrogens with zero attached hydrogens (tertiary/aromatic N) is 1. The van der Waals surface area contributed by atoms with Crippen LogP contribution >= 0.6 is 11.3 Å². The molecule has 1 aliphatic heterocycles. The van der Waals surface area contributed by atoms with Gasteiger partial charge in [-0.3, -0.25) is 9.59 Å². The predicted molar refractivity (Wildman–Crippen MR) is 125 cm³/mol. The topological polar surface area (TPSA) is 77.1 Å². The molecule has 2 heterocycles. The molecule has 0 fully saturated rings. The summed E-state index contributed by atoms with van der Waals surface area (Å²) in [6.07, 6.45) is 0. The zero-order valence-corrected chi connectivity index (χ0v) is 18.7. The molecule has 3 aromatic rings. The Labute approximate surface area is 189 Å². The second-order valence-corrected chi connectivity index (χ2v) is 7.74. The highest BCUT2D eigenvalue weighted by atomic mass is 32.1. The first-order valence-electron chi connectivity index (χ1n) is 9.96. The molecule has 0 spiro atoms. The molecular weight excluding hydrogens is 428 g/mol. The predicted octanol–water partition coefficient (Wildman–Crippen LogP) is 4.56. The number of imide groups is 1. The number of methoxy groups -OCH3 is 2. The lowest BCUT2D eigenvalue weighted by atomic mass is 10.1. The van der Waals surface area contributed by atoms with E-state index in [1.807, 2.05) is 24.4 Å². The Bertz CT molecular complexity index is 1190. The number of nitrogens with one attached hydrogen (secondary N) is 1. The fourth-order valence-electron chi connectivity index (χ4n) is 3.46. The number of thiophene rings is 1. The smallest absolute Gasteiger partial charge is 0.282 e. The van der Waals surface area contributed by atoms with E-state index in [2.05, 4.69) is 5.32 Å². The van der Waals surface area contributed by atoms with Crippen molar-refractivity contribution in [3.63, 3.8) is 0 Å². The van der Waals surface area contributed by atoms with Gasteiger partial charge in [-0.1, -0.05) is 12.1 Å². The summed E-state index contributed by atoms with van der Waals surface area (Å²) in [5, 5.41) is 4.99. The minimum atomic E-state index is -0.461. The zero-order valence-electron chi connectivity index (χ0n) is 17.9. The number of carbonyl (C=O) groups is 2. The average Bonchev–Trinajstić information content (AvgIpc) is 3.41. The Morgan fingerprint density at radius 1 is 0.938 bits per heavy atom. The van der Waals surface area contributed by atoms with Crippen LogP contribution in [-0.2, 0) is 9.59 Å². The summed E-state index contributed by atoms with van der Waals surface area (Å²) in [6, 6.07) is 15.8. The lowest BCUT2D eigenvalue weighted by Gasteiger charge is -2.17. The molecule has 0 atom stereocenters. The maximum Gasteiger partial charge on any atom is 0.282 e. The summed E-state index contributed by atoms with van der Waals surface area (Å²) in [5.41, 5.74) is 1.43. The normalized spacial score (nSPS) is 13.5. The molecular formula is C24H22N2O5S. The highest BCUT2D eigenvalue weighted by Crippen LogP contribution is 2.38. The van der Waals surface area contributed by atoms with Crippen LogP contribution < -0.4 is 24.4 Å². The number of carbonyl (C=O) groups excluding carboxylic acids is 2. The molecule has 0 saturated heterocycles. The second-order valence-electron chi connectivity index (χ2n) is 6.79. The molecule has 4 rings (SSSR count). The van der Waals surface area contributed by atoms with Crippen molar-refractivity contribution in [1.82, 2.24) is 0 Å². The van der Waals surface area contributed by atoms with Gasteiger partial charge in [-0.2, -0.15) is 0 Å². The Hall–Kier alpha value is -3.78. The van der Waals surface area contributed by atoms with Crippen molar-refractivity contribution >= 4 is 40.1 Å². The summed E-state index contributed by atoms with van der Waals surface area (Å²) in [7, 11) is 3.09. The second kappa shape index (κ2) is 9.15. The Morgan fingerprint density at radius 2 is 1.78 bits per heavy atom. The van der Waals surface area contributed by atoms with Crippen LogP contribution in [0.4, 0.5) is 11.4 Å². The molecule has 0 radical (unpaired) electrons.